The first-order chi connectivity index (χ1) is 6.18. The van der Waals surface area contributed by atoms with Crippen molar-refractivity contribution in [2.24, 2.45) is 4.99 Å². The fourth-order valence-electron chi connectivity index (χ4n) is 1.53. The quantitative estimate of drug-likeness (QED) is 0.674. The molecule has 0 bridgehead atoms. The van der Waals surface area contributed by atoms with E-state index in [4.69, 9.17) is 0 Å². The van der Waals surface area contributed by atoms with Crippen LogP contribution >= 0.6 is 0 Å². The van der Waals surface area contributed by atoms with Crippen LogP contribution in [0, 0.1) is 0 Å². The molecule has 0 atom stereocenters. The van der Waals surface area contributed by atoms with Crippen molar-refractivity contribution in [3.05, 3.63) is 0 Å². The average molecular weight is 183 g/mol. The number of carbonyl (C=O) groups is 1. The van der Waals surface area contributed by atoms with E-state index < -0.39 is 5.54 Å². The van der Waals surface area contributed by atoms with Crippen molar-refractivity contribution < 1.29 is 4.79 Å². The molecule has 0 unspecified atom stereocenters. The molecular formula is C9H17N3O. The molecule has 0 spiro atoms. The fourth-order valence-corrected chi connectivity index (χ4v) is 1.53. The maximum Gasteiger partial charge on any atom is 0.252 e. The zero-order valence-corrected chi connectivity index (χ0v) is 8.48. The van der Waals surface area contributed by atoms with E-state index >= 15 is 0 Å². The lowest BCUT2D eigenvalue weighted by atomic mass is 9.93. The van der Waals surface area contributed by atoms with Gasteiger partial charge in [-0.15, -0.1) is 0 Å². The van der Waals surface area contributed by atoms with Gasteiger partial charge in [0.1, 0.15) is 5.54 Å². The summed E-state index contributed by atoms with van der Waals surface area (Å²) in [6.45, 7) is 6.64. The minimum Gasteiger partial charge on any atom is -0.342 e. The van der Waals surface area contributed by atoms with Gasteiger partial charge in [-0.1, -0.05) is 13.8 Å². The molecule has 4 heteroatoms. The fraction of sp³-hybridized carbons (Fsp3) is 0.778. The zero-order chi connectivity index (χ0) is 9.90. The van der Waals surface area contributed by atoms with Gasteiger partial charge in [-0.3, -0.25) is 15.1 Å². The van der Waals surface area contributed by atoms with Crippen LogP contribution in [0.2, 0.25) is 0 Å². The molecule has 1 heterocycles. The molecule has 1 fully saturated rings. The normalized spacial score (nSPS) is 23.0. The number of amides is 1. The topological polar surface area (TPSA) is 53.5 Å². The van der Waals surface area contributed by atoms with Gasteiger partial charge in [0.25, 0.3) is 5.91 Å². The maximum absolute atomic E-state index is 11.6. The summed E-state index contributed by atoms with van der Waals surface area (Å²) in [5.74, 6) is 0.668. The van der Waals surface area contributed by atoms with Crippen LogP contribution in [0.5, 0.6) is 0 Å². The minimum atomic E-state index is -0.423. The van der Waals surface area contributed by atoms with Crippen molar-refractivity contribution in [3.8, 4) is 0 Å². The molecule has 0 aromatic heterocycles. The monoisotopic (exact) mass is 183 g/mol. The second-order valence-electron chi connectivity index (χ2n) is 3.19. The smallest absolute Gasteiger partial charge is 0.252 e. The second kappa shape index (κ2) is 3.77. The number of hydrogen-bond donors (Lipinski definition) is 2. The van der Waals surface area contributed by atoms with Crippen molar-refractivity contribution in [2.75, 3.05) is 6.54 Å². The highest BCUT2D eigenvalue weighted by Gasteiger charge is 2.41. The number of rotatable bonds is 3. The Morgan fingerprint density at radius 2 is 1.92 bits per heavy atom. The van der Waals surface area contributed by atoms with E-state index in [1.807, 2.05) is 20.8 Å². The molecule has 13 heavy (non-hydrogen) atoms. The van der Waals surface area contributed by atoms with Gasteiger partial charge in [-0.05, 0) is 19.8 Å². The number of carbonyl (C=O) groups excluding carboxylic acids is 1. The van der Waals surface area contributed by atoms with Gasteiger partial charge in [-0.2, -0.15) is 0 Å². The lowest BCUT2D eigenvalue weighted by molar-refractivity contribution is -0.124. The van der Waals surface area contributed by atoms with Crippen LogP contribution < -0.4 is 10.6 Å². The van der Waals surface area contributed by atoms with Crippen molar-refractivity contribution >= 4 is 11.9 Å². The molecule has 0 saturated carbocycles. The van der Waals surface area contributed by atoms with Gasteiger partial charge < -0.3 is 5.32 Å². The van der Waals surface area contributed by atoms with Gasteiger partial charge in [0.15, 0.2) is 5.96 Å². The summed E-state index contributed by atoms with van der Waals surface area (Å²) in [7, 11) is 0. The van der Waals surface area contributed by atoms with Crippen molar-refractivity contribution in [2.45, 2.75) is 39.2 Å². The first-order valence-corrected chi connectivity index (χ1v) is 4.82. The Morgan fingerprint density at radius 1 is 1.31 bits per heavy atom. The van der Waals surface area contributed by atoms with Crippen LogP contribution in [0.1, 0.15) is 33.6 Å². The largest absolute Gasteiger partial charge is 0.342 e. The Morgan fingerprint density at radius 3 is 2.31 bits per heavy atom. The first kappa shape index (κ1) is 10.0. The van der Waals surface area contributed by atoms with Gasteiger partial charge in [-0.25, -0.2) is 0 Å². The highest BCUT2D eigenvalue weighted by atomic mass is 16.2. The summed E-state index contributed by atoms with van der Waals surface area (Å²) in [6.07, 6.45) is 1.58. The Bertz CT molecular complexity index is 231. The third-order valence-electron chi connectivity index (χ3n) is 2.55. The van der Waals surface area contributed by atoms with E-state index in [0.29, 0.717) is 12.5 Å². The van der Waals surface area contributed by atoms with Crippen LogP contribution in [-0.4, -0.2) is 24.0 Å². The van der Waals surface area contributed by atoms with E-state index in [1.54, 1.807) is 0 Å². The Balaban J connectivity index is 2.81. The highest BCUT2D eigenvalue weighted by Crippen LogP contribution is 2.18. The predicted octanol–water partition coefficient (Wildman–Crippen LogP) is 0.640. The van der Waals surface area contributed by atoms with Crippen molar-refractivity contribution in [1.29, 1.82) is 0 Å². The molecular weight excluding hydrogens is 166 g/mol. The lowest BCUT2D eigenvalue weighted by Gasteiger charge is -2.22. The molecule has 0 aliphatic carbocycles. The minimum absolute atomic E-state index is 0.0460. The van der Waals surface area contributed by atoms with Gasteiger partial charge in [0.05, 0.1) is 0 Å². The molecule has 1 saturated heterocycles. The maximum atomic E-state index is 11.6. The second-order valence-corrected chi connectivity index (χ2v) is 3.19. The Hall–Kier alpha value is -1.06. The van der Waals surface area contributed by atoms with Crippen LogP contribution in [0.3, 0.4) is 0 Å². The van der Waals surface area contributed by atoms with Crippen LogP contribution in [0.15, 0.2) is 4.99 Å². The summed E-state index contributed by atoms with van der Waals surface area (Å²) in [4.78, 5) is 15.7. The van der Waals surface area contributed by atoms with Gasteiger partial charge in [0.2, 0.25) is 0 Å². The highest BCUT2D eigenvalue weighted by molar-refractivity contribution is 6.08. The number of nitrogens with one attached hydrogen (secondary N) is 2. The Kier molecular flexibility index (Phi) is 2.90. The van der Waals surface area contributed by atoms with E-state index in [1.165, 1.54) is 0 Å². The van der Waals surface area contributed by atoms with E-state index in [0.717, 1.165) is 12.8 Å². The van der Waals surface area contributed by atoms with Crippen LogP contribution in [-0.2, 0) is 4.79 Å². The van der Waals surface area contributed by atoms with Crippen molar-refractivity contribution in [3.63, 3.8) is 0 Å². The molecule has 1 aliphatic rings. The average Bonchev–Trinajstić information content (AvgIpc) is 2.44. The molecule has 1 aliphatic heterocycles. The van der Waals surface area contributed by atoms with Crippen LogP contribution in [0.4, 0.5) is 0 Å². The lowest BCUT2D eigenvalue weighted by Crippen LogP contribution is -2.45. The predicted molar refractivity (Wildman–Crippen MR) is 52.6 cm³/mol. The van der Waals surface area contributed by atoms with Crippen molar-refractivity contribution in [1.82, 2.24) is 10.6 Å². The summed E-state index contributed by atoms with van der Waals surface area (Å²) in [5.41, 5.74) is -0.423. The summed E-state index contributed by atoms with van der Waals surface area (Å²) >= 11 is 0. The molecule has 1 rings (SSSR count). The molecule has 74 valence electrons. The van der Waals surface area contributed by atoms with E-state index in [9.17, 15) is 4.79 Å². The zero-order valence-electron chi connectivity index (χ0n) is 8.48. The first-order valence-electron chi connectivity index (χ1n) is 4.82. The SMILES string of the molecule is CCN=C1NC(=O)C(CC)(CC)N1. The summed E-state index contributed by atoms with van der Waals surface area (Å²) < 4.78 is 0. The van der Waals surface area contributed by atoms with E-state index in [-0.39, 0.29) is 5.91 Å². The van der Waals surface area contributed by atoms with Gasteiger partial charge >= 0.3 is 0 Å². The third-order valence-corrected chi connectivity index (χ3v) is 2.55. The van der Waals surface area contributed by atoms with E-state index in [2.05, 4.69) is 15.6 Å². The number of hydrogen-bond acceptors (Lipinski definition) is 2. The Labute approximate surface area is 78.8 Å². The van der Waals surface area contributed by atoms with Gasteiger partial charge in [0, 0.05) is 6.54 Å². The molecule has 0 aromatic rings. The number of nitrogens with zero attached hydrogens (tertiary/aromatic N) is 1. The summed E-state index contributed by atoms with van der Waals surface area (Å²) in [5, 5.41) is 5.89. The third kappa shape index (κ3) is 1.66. The molecule has 4 nitrogen and oxygen atoms in total. The standard InChI is InChI=1S/C9H17N3O/c1-4-9(5-2)7(13)11-8(12-9)10-6-3/h4-6H2,1-3H3,(H2,10,11,12,13). The molecule has 0 aromatic carbocycles. The van der Waals surface area contributed by atoms with Crippen LogP contribution in [0.25, 0.3) is 0 Å². The molecule has 1 amide bonds. The summed E-state index contributed by atoms with van der Waals surface area (Å²) in [6, 6.07) is 0. The molecule has 0 radical (unpaired) electrons. The molecule has 2 N–H and O–H groups in total. The number of guanidine groups is 1. The number of aliphatic imine (C=N–C) groups is 1.